The SMILES string of the molecule is CCN1c2cc(Cl)c(/C=N\NC(=O)c3ccc4ccccc4c3)cc2C(C)=CC1(C)C. The molecular formula is C26H26ClN3O. The zero-order valence-electron chi connectivity index (χ0n) is 18.2. The minimum atomic E-state index is -0.258. The van der Waals surface area contributed by atoms with Gasteiger partial charge in [-0.1, -0.05) is 48.0 Å². The van der Waals surface area contributed by atoms with Crippen LogP contribution < -0.4 is 10.3 Å². The van der Waals surface area contributed by atoms with Crippen LogP contribution in [0.25, 0.3) is 16.3 Å². The third-order valence-corrected chi connectivity index (χ3v) is 6.12. The number of halogens is 1. The lowest BCUT2D eigenvalue weighted by molar-refractivity contribution is 0.0955. The Morgan fingerprint density at radius 3 is 2.61 bits per heavy atom. The van der Waals surface area contributed by atoms with Crippen LogP contribution in [0.5, 0.6) is 0 Å². The second-order valence-electron chi connectivity index (χ2n) is 8.38. The third-order valence-electron chi connectivity index (χ3n) is 5.79. The number of carbonyl (C=O) groups excluding carboxylic acids is 1. The Morgan fingerprint density at radius 1 is 1.13 bits per heavy atom. The van der Waals surface area contributed by atoms with Crippen LogP contribution >= 0.6 is 11.6 Å². The summed E-state index contributed by atoms with van der Waals surface area (Å²) in [5, 5.41) is 6.87. The Hall–Kier alpha value is -3.11. The molecule has 0 spiro atoms. The van der Waals surface area contributed by atoms with Crippen LogP contribution in [-0.4, -0.2) is 24.2 Å². The first-order valence-electron chi connectivity index (χ1n) is 10.4. The van der Waals surface area contributed by atoms with E-state index in [0.29, 0.717) is 10.6 Å². The zero-order chi connectivity index (χ0) is 22.2. The van der Waals surface area contributed by atoms with Gasteiger partial charge in [0, 0.05) is 28.9 Å². The maximum absolute atomic E-state index is 12.5. The lowest BCUT2D eigenvalue weighted by Crippen LogP contribution is -2.44. The standard InChI is InChI=1S/C26H26ClN3O/c1-5-30-24-14-23(27)21(13-22(24)17(2)15-26(30,3)4)16-28-29-25(31)20-11-10-18-8-6-7-9-19(18)12-20/h6-16H,5H2,1-4H3,(H,29,31)/b28-16-. The molecule has 0 atom stereocenters. The van der Waals surface area contributed by atoms with Crippen molar-refractivity contribution in [1.82, 2.24) is 5.43 Å². The van der Waals surface area contributed by atoms with E-state index in [9.17, 15) is 4.79 Å². The predicted molar refractivity (Wildman–Crippen MR) is 131 cm³/mol. The first kappa shape index (κ1) is 21.1. The van der Waals surface area contributed by atoms with Gasteiger partial charge >= 0.3 is 0 Å². The molecule has 158 valence electrons. The summed E-state index contributed by atoms with van der Waals surface area (Å²) >= 11 is 6.57. The average molecular weight is 432 g/mol. The lowest BCUT2D eigenvalue weighted by Gasteiger charge is -2.43. The van der Waals surface area contributed by atoms with Gasteiger partial charge in [0.1, 0.15) is 0 Å². The number of hydrazone groups is 1. The van der Waals surface area contributed by atoms with Gasteiger partial charge in [-0.3, -0.25) is 4.79 Å². The van der Waals surface area contributed by atoms with Gasteiger partial charge in [-0.2, -0.15) is 5.10 Å². The summed E-state index contributed by atoms with van der Waals surface area (Å²) in [6, 6.07) is 17.6. The first-order chi connectivity index (χ1) is 14.8. The van der Waals surface area contributed by atoms with Crippen LogP contribution in [0.3, 0.4) is 0 Å². The van der Waals surface area contributed by atoms with E-state index >= 15 is 0 Å². The number of fused-ring (bicyclic) bond motifs is 2. The highest BCUT2D eigenvalue weighted by Gasteiger charge is 2.30. The molecule has 5 heteroatoms. The van der Waals surface area contributed by atoms with Crippen LogP contribution in [0.1, 0.15) is 49.2 Å². The Morgan fingerprint density at radius 2 is 1.87 bits per heavy atom. The van der Waals surface area contributed by atoms with Crippen molar-refractivity contribution in [2.24, 2.45) is 5.10 Å². The molecule has 1 N–H and O–H groups in total. The number of nitrogens with one attached hydrogen (secondary N) is 1. The molecular weight excluding hydrogens is 406 g/mol. The molecule has 0 unspecified atom stereocenters. The molecule has 1 amide bonds. The van der Waals surface area contributed by atoms with Crippen LogP contribution in [-0.2, 0) is 0 Å². The van der Waals surface area contributed by atoms with E-state index in [2.05, 4.69) is 49.2 Å². The van der Waals surface area contributed by atoms with Gasteiger partial charge in [-0.15, -0.1) is 0 Å². The molecule has 0 aliphatic carbocycles. The molecule has 0 bridgehead atoms. The molecule has 1 aliphatic heterocycles. The summed E-state index contributed by atoms with van der Waals surface area (Å²) < 4.78 is 0. The average Bonchev–Trinajstić information content (AvgIpc) is 2.73. The summed E-state index contributed by atoms with van der Waals surface area (Å²) in [5.74, 6) is -0.258. The minimum absolute atomic E-state index is 0.0708. The summed E-state index contributed by atoms with van der Waals surface area (Å²) in [4.78, 5) is 14.9. The number of amides is 1. The molecule has 31 heavy (non-hydrogen) atoms. The maximum Gasteiger partial charge on any atom is 0.271 e. The summed E-state index contributed by atoms with van der Waals surface area (Å²) in [6.45, 7) is 9.55. The first-order valence-corrected chi connectivity index (χ1v) is 10.8. The number of hydrogen-bond donors (Lipinski definition) is 1. The van der Waals surface area contributed by atoms with E-state index < -0.39 is 0 Å². The third kappa shape index (κ3) is 4.08. The highest BCUT2D eigenvalue weighted by molar-refractivity contribution is 6.33. The summed E-state index contributed by atoms with van der Waals surface area (Å²) in [5.41, 5.74) is 7.33. The number of rotatable bonds is 4. The predicted octanol–water partition coefficient (Wildman–Crippen LogP) is 6.28. The van der Waals surface area contributed by atoms with Crippen LogP contribution in [0.4, 0.5) is 5.69 Å². The van der Waals surface area contributed by atoms with Crippen molar-refractivity contribution in [2.45, 2.75) is 33.2 Å². The van der Waals surface area contributed by atoms with E-state index in [-0.39, 0.29) is 11.4 Å². The fraction of sp³-hybridized carbons (Fsp3) is 0.231. The summed E-state index contributed by atoms with van der Waals surface area (Å²) in [7, 11) is 0. The quantitative estimate of drug-likeness (QED) is 0.390. The van der Waals surface area contributed by atoms with Crippen molar-refractivity contribution in [3.05, 3.63) is 82.4 Å². The molecule has 3 aromatic rings. The van der Waals surface area contributed by atoms with Gasteiger partial charge in [0.05, 0.1) is 16.8 Å². The highest BCUT2D eigenvalue weighted by atomic mass is 35.5. The highest BCUT2D eigenvalue weighted by Crippen LogP contribution is 2.40. The van der Waals surface area contributed by atoms with Crippen molar-refractivity contribution >= 4 is 45.8 Å². The normalized spacial score (nSPS) is 15.1. The molecule has 0 aromatic heterocycles. The Bertz CT molecular complexity index is 1230. The fourth-order valence-corrected chi connectivity index (χ4v) is 4.55. The number of carbonyl (C=O) groups is 1. The molecule has 4 nitrogen and oxygen atoms in total. The second kappa shape index (κ2) is 8.20. The maximum atomic E-state index is 12.5. The Labute approximate surface area is 188 Å². The fourth-order valence-electron chi connectivity index (χ4n) is 4.35. The largest absolute Gasteiger partial charge is 0.363 e. The number of anilines is 1. The van der Waals surface area contributed by atoms with Gasteiger partial charge in [0.15, 0.2) is 0 Å². The van der Waals surface area contributed by atoms with Crippen molar-refractivity contribution in [2.75, 3.05) is 11.4 Å². The monoisotopic (exact) mass is 431 g/mol. The number of benzene rings is 3. The Balaban J connectivity index is 1.57. The molecule has 0 fully saturated rings. The molecule has 3 aromatic carbocycles. The lowest BCUT2D eigenvalue weighted by atomic mass is 9.88. The van der Waals surface area contributed by atoms with E-state index in [1.807, 2.05) is 48.5 Å². The molecule has 4 rings (SSSR count). The van der Waals surface area contributed by atoms with Crippen LogP contribution in [0.2, 0.25) is 5.02 Å². The molecule has 1 aliphatic rings. The van der Waals surface area contributed by atoms with Crippen molar-refractivity contribution in [3.63, 3.8) is 0 Å². The van der Waals surface area contributed by atoms with Crippen molar-refractivity contribution in [1.29, 1.82) is 0 Å². The van der Waals surface area contributed by atoms with Gasteiger partial charge < -0.3 is 4.90 Å². The second-order valence-corrected chi connectivity index (χ2v) is 8.78. The minimum Gasteiger partial charge on any atom is -0.363 e. The number of hydrogen-bond acceptors (Lipinski definition) is 3. The van der Waals surface area contributed by atoms with E-state index in [1.165, 1.54) is 5.57 Å². The van der Waals surface area contributed by atoms with E-state index in [1.54, 1.807) is 12.3 Å². The molecule has 0 saturated heterocycles. The van der Waals surface area contributed by atoms with Crippen LogP contribution in [0, 0.1) is 0 Å². The number of allylic oxidation sites excluding steroid dienone is 1. The van der Waals surface area contributed by atoms with Crippen LogP contribution in [0.15, 0.2) is 65.8 Å². The van der Waals surface area contributed by atoms with Gasteiger partial charge in [0.25, 0.3) is 5.91 Å². The summed E-state index contributed by atoms with van der Waals surface area (Å²) in [6.07, 6.45) is 3.88. The van der Waals surface area contributed by atoms with Gasteiger partial charge in [0.2, 0.25) is 0 Å². The number of likely N-dealkylation sites (N-methyl/N-ethyl adjacent to an activating group) is 1. The van der Waals surface area contributed by atoms with Crippen molar-refractivity contribution < 1.29 is 4.79 Å². The van der Waals surface area contributed by atoms with Gasteiger partial charge in [-0.05, 0) is 68.3 Å². The van der Waals surface area contributed by atoms with E-state index in [0.717, 1.165) is 34.1 Å². The molecule has 0 saturated carbocycles. The van der Waals surface area contributed by atoms with Gasteiger partial charge in [-0.25, -0.2) is 5.43 Å². The van der Waals surface area contributed by atoms with Crippen molar-refractivity contribution in [3.8, 4) is 0 Å². The molecule has 1 heterocycles. The zero-order valence-corrected chi connectivity index (χ0v) is 19.0. The number of nitrogens with zero attached hydrogens (tertiary/aromatic N) is 2. The topological polar surface area (TPSA) is 44.7 Å². The smallest absolute Gasteiger partial charge is 0.271 e. The molecule has 0 radical (unpaired) electrons. The van der Waals surface area contributed by atoms with E-state index in [4.69, 9.17) is 11.6 Å². The Kier molecular flexibility index (Phi) is 5.59.